The van der Waals surface area contributed by atoms with Crippen LogP contribution in [0.3, 0.4) is 0 Å². The Kier molecular flexibility index (Phi) is 21.1. The van der Waals surface area contributed by atoms with Gasteiger partial charge < -0.3 is 0 Å². The van der Waals surface area contributed by atoms with Gasteiger partial charge in [-0.1, -0.05) is 26.2 Å². The van der Waals surface area contributed by atoms with Crippen molar-refractivity contribution in [2.45, 2.75) is 88.3 Å². The van der Waals surface area contributed by atoms with Crippen LogP contribution in [0.25, 0.3) is 0 Å². The molecule has 5 aromatic rings. The van der Waals surface area contributed by atoms with Crippen LogP contribution in [-0.4, -0.2) is 40.1 Å². The van der Waals surface area contributed by atoms with Crippen molar-refractivity contribution in [3.63, 3.8) is 0 Å². The molecule has 0 saturated heterocycles. The van der Waals surface area contributed by atoms with Crippen LogP contribution in [0.15, 0.2) is 65.8 Å². The summed E-state index contributed by atoms with van der Waals surface area (Å²) in [5, 5.41) is 5.60. The summed E-state index contributed by atoms with van der Waals surface area (Å²) < 4.78 is 86.5. The van der Waals surface area contributed by atoms with Crippen molar-refractivity contribution < 1.29 is 30.7 Å². The van der Waals surface area contributed by atoms with E-state index in [1.165, 1.54) is 37.5 Å². The fourth-order valence-corrected chi connectivity index (χ4v) is 3.63. The van der Waals surface area contributed by atoms with Crippen LogP contribution in [0.5, 0.6) is 0 Å². The molecular formula is C33H42BrF7N8S. The Bertz CT molecular complexity index is 1520. The van der Waals surface area contributed by atoms with Crippen LogP contribution in [0.2, 0.25) is 0 Å². The number of pyridine rings is 2. The van der Waals surface area contributed by atoms with Gasteiger partial charge in [0.1, 0.15) is 22.4 Å². The van der Waals surface area contributed by atoms with E-state index in [0.29, 0.717) is 27.9 Å². The topological polar surface area (TPSA) is 103 Å². The SMILES string of the molecule is C.C.Cc1cc(C(C)(F)F)ccn1.Cc1ccc(Br)cn1.Cc1cnc(C)nc1.Cc1nccc(C(C)(F)F)n1.Cc1nnc(C(F)(F)F)s1. The molecule has 8 nitrogen and oxygen atoms in total. The first-order valence-electron chi connectivity index (χ1n) is 13.8. The lowest BCUT2D eigenvalue weighted by molar-refractivity contribution is -0.138. The van der Waals surface area contributed by atoms with Crippen molar-refractivity contribution >= 4 is 27.3 Å². The molecule has 0 N–H and O–H groups in total. The molecule has 5 heterocycles. The quantitative estimate of drug-likeness (QED) is 0.163. The molecule has 0 amide bonds. The molecule has 0 aromatic carbocycles. The van der Waals surface area contributed by atoms with Gasteiger partial charge in [-0.15, -0.1) is 10.2 Å². The third-order valence-corrected chi connectivity index (χ3v) is 6.54. The highest BCUT2D eigenvalue weighted by atomic mass is 79.9. The molecular weight excluding hydrogens is 753 g/mol. The molecule has 0 saturated carbocycles. The monoisotopic (exact) mass is 794 g/mol. The summed E-state index contributed by atoms with van der Waals surface area (Å²) in [5.41, 5.74) is 2.56. The van der Waals surface area contributed by atoms with Crippen LogP contribution < -0.4 is 0 Å². The largest absolute Gasteiger partial charge is 0.445 e. The van der Waals surface area contributed by atoms with E-state index in [-0.39, 0.29) is 26.1 Å². The first-order chi connectivity index (χ1) is 22.1. The minimum atomic E-state index is -4.34. The van der Waals surface area contributed by atoms with E-state index in [2.05, 4.69) is 56.0 Å². The highest BCUT2D eigenvalue weighted by Gasteiger charge is 2.35. The summed E-state index contributed by atoms with van der Waals surface area (Å²) in [7, 11) is 0. The second kappa shape index (κ2) is 22.0. The summed E-state index contributed by atoms with van der Waals surface area (Å²) in [4.78, 5) is 23.1. The number of alkyl halides is 7. The molecule has 0 fully saturated rings. The number of hydrogen-bond donors (Lipinski definition) is 0. The third-order valence-electron chi connectivity index (χ3n) is 5.18. The van der Waals surface area contributed by atoms with Gasteiger partial charge >= 0.3 is 6.18 Å². The average Bonchev–Trinajstić information content (AvgIpc) is 3.44. The standard InChI is InChI=1S/C8H9F2N.C7H8F2N2.C6H6BrN.C6H8N2.C4H3F3N2S.2CH4/c1-6-5-7(3-4-11-6)8(2,9)10;1-5-10-4-3-6(11-5)7(2,8)9;1-5-2-3-6(7)4-8-5;1-5-3-7-6(2)8-4-5;1-2-8-9-3(10-2)4(5,6)7;;/h3-5H,1-2H3;3-4H,1-2H3;2-4H,1H3;3-4H,1-2H3;1H3;2*1H4. The second-order valence-corrected chi connectivity index (χ2v) is 12.1. The number of hydrogen-bond acceptors (Lipinski definition) is 9. The maximum atomic E-state index is 12.6. The number of aromatic nitrogens is 8. The molecule has 0 spiro atoms. The van der Waals surface area contributed by atoms with E-state index in [9.17, 15) is 30.7 Å². The van der Waals surface area contributed by atoms with E-state index in [4.69, 9.17) is 0 Å². The minimum Gasteiger partial charge on any atom is -0.262 e. The zero-order valence-electron chi connectivity index (χ0n) is 27.3. The summed E-state index contributed by atoms with van der Waals surface area (Å²) in [6, 6.07) is 7.87. The molecule has 0 aliphatic carbocycles. The smallest absolute Gasteiger partial charge is 0.262 e. The maximum Gasteiger partial charge on any atom is 0.445 e. The zero-order chi connectivity index (χ0) is 36.7. The lowest BCUT2D eigenvalue weighted by Gasteiger charge is -2.09. The lowest BCUT2D eigenvalue weighted by Crippen LogP contribution is -2.10. The highest BCUT2D eigenvalue weighted by molar-refractivity contribution is 9.10. The van der Waals surface area contributed by atoms with Gasteiger partial charge in [-0.2, -0.15) is 22.0 Å². The molecule has 0 radical (unpaired) electrons. The van der Waals surface area contributed by atoms with Gasteiger partial charge in [0.15, 0.2) is 0 Å². The van der Waals surface area contributed by atoms with Gasteiger partial charge in [0.05, 0.1) is 0 Å². The number of halogens is 8. The maximum absolute atomic E-state index is 12.6. The van der Waals surface area contributed by atoms with Crippen molar-refractivity contribution in [2.24, 2.45) is 0 Å². The molecule has 5 aromatic heterocycles. The summed E-state index contributed by atoms with van der Waals surface area (Å²) in [5.74, 6) is -4.43. The number of rotatable bonds is 2. The van der Waals surface area contributed by atoms with Crippen molar-refractivity contribution in [3.05, 3.63) is 116 Å². The highest BCUT2D eigenvalue weighted by Crippen LogP contribution is 2.31. The van der Waals surface area contributed by atoms with E-state index in [1.54, 1.807) is 20.0 Å². The van der Waals surface area contributed by atoms with Gasteiger partial charge in [-0.3, -0.25) is 9.97 Å². The predicted octanol–water partition coefficient (Wildman–Crippen LogP) is 10.8. The Morgan fingerprint density at radius 2 is 1.20 bits per heavy atom. The van der Waals surface area contributed by atoms with Crippen molar-refractivity contribution in [1.29, 1.82) is 0 Å². The van der Waals surface area contributed by atoms with Crippen LogP contribution >= 0.6 is 27.3 Å². The Labute approximate surface area is 301 Å². The van der Waals surface area contributed by atoms with Gasteiger partial charge in [0.25, 0.3) is 11.8 Å². The van der Waals surface area contributed by atoms with Gasteiger partial charge in [0, 0.05) is 66.3 Å². The predicted molar refractivity (Wildman–Crippen MR) is 186 cm³/mol. The zero-order valence-corrected chi connectivity index (χ0v) is 29.7. The van der Waals surface area contributed by atoms with Crippen LogP contribution in [-0.2, 0) is 18.0 Å². The number of nitrogens with zero attached hydrogens (tertiary/aromatic N) is 8. The molecule has 0 aliphatic rings. The third kappa shape index (κ3) is 20.5. The molecule has 17 heteroatoms. The van der Waals surface area contributed by atoms with Crippen molar-refractivity contribution in [2.75, 3.05) is 0 Å². The van der Waals surface area contributed by atoms with Gasteiger partial charge in [0.2, 0.25) is 5.01 Å². The molecule has 0 aliphatic heterocycles. The van der Waals surface area contributed by atoms with Crippen molar-refractivity contribution in [1.82, 2.24) is 40.1 Å². The molecule has 0 unspecified atom stereocenters. The summed E-state index contributed by atoms with van der Waals surface area (Å²) >= 11 is 3.83. The Morgan fingerprint density at radius 1 is 0.620 bits per heavy atom. The Hall–Kier alpha value is -3.99. The lowest BCUT2D eigenvalue weighted by atomic mass is 10.1. The van der Waals surface area contributed by atoms with Gasteiger partial charge in [-0.05, 0) is 93.4 Å². The normalized spacial score (nSPS) is 10.5. The fourth-order valence-electron chi connectivity index (χ4n) is 2.84. The van der Waals surface area contributed by atoms with Gasteiger partial charge in [-0.25, -0.2) is 28.7 Å². The molecule has 276 valence electrons. The van der Waals surface area contributed by atoms with E-state index in [1.807, 2.05) is 45.3 Å². The van der Waals surface area contributed by atoms with Crippen LogP contribution in [0.4, 0.5) is 30.7 Å². The minimum absolute atomic E-state index is 0. The summed E-state index contributed by atoms with van der Waals surface area (Å²) in [6.45, 7) is 12.2. The Balaban J connectivity index is 0. The molecule has 50 heavy (non-hydrogen) atoms. The first kappa shape index (κ1) is 48.1. The average molecular weight is 796 g/mol. The van der Waals surface area contributed by atoms with E-state index in [0.717, 1.165) is 35.4 Å². The van der Waals surface area contributed by atoms with E-state index < -0.39 is 23.0 Å². The fraction of sp³-hybridized carbons (Fsp3) is 0.394. The molecule has 0 bridgehead atoms. The molecule has 5 rings (SSSR count). The van der Waals surface area contributed by atoms with Crippen molar-refractivity contribution in [3.8, 4) is 0 Å². The Morgan fingerprint density at radius 3 is 1.52 bits per heavy atom. The van der Waals surface area contributed by atoms with E-state index >= 15 is 0 Å². The van der Waals surface area contributed by atoms with Crippen LogP contribution in [0, 0.1) is 41.5 Å². The summed E-state index contributed by atoms with van der Waals surface area (Å²) in [6.07, 6.45) is 3.78. The second-order valence-electron chi connectivity index (χ2n) is 10.0. The number of aryl methyl sites for hydroxylation is 6. The first-order valence-corrected chi connectivity index (χ1v) is 15.4. The molecule has 0 atom stereocenters. The van der Waals surface area contributed by atoms with Crippen LogP contribution in [0.1, 0.15) is 78.6 Å².